The monoisotopic (exact) mass is 479 g/mol. The molecule has 180 valence electrons. The second-order valence-electron chi connectivity index (χ2n) is 8.57. The van der Waals surface area contributed by atoms with Crippen molar-refractivity contribution in [3.8, 4) is 17.1 Å². The van der Waals surface area contributed by atoms with E-state index in [4.69, 9.17) is 14.3 Å². The minimum Gasteiger partial charge on any atom is -0.454 e. The van der Waals surface area contributed by atoms with Crippen LogP contribution in [-0.4, -0.2) is 32.7 Å². The van der Waals surface area contributed by atoms with Gasteiger partial charge in [0, 0.05) is 47.2 Å². The van der Waals surface area contributed by atoms with Crippen molar-refractivity contribution in [3.05, 3.63) is 102 Å². The molecule has 0 aliphatic heterocycles. The first kappa shape index (κ1) is 23.1. The summed E-state index contributed by atoms with van der Waals surface area (Å²) in [6, 6.07) is 21.1. The number of hydrogen-bond acceptors (Lipinski definition) is 5. The number of carbonyl (C=O) groups is 2. The molecule has 0 spiro atoms. The van der Waals surface area contributed by atoms with Gasteiger partial charge in [0.25, 0.3) is 0 Å². The van der Waals surface area contributed by atoms with Crippen LogP contribution in [0.3, 0.4) is 0 Å². The van der Waals surface area contributed by atoms with Crippen LogP contribution in [0.5, 0.6) is 0 Å². The summed E-state index contributed by atoms with van der Waals surface area (Å²) in [6.07, 6.45) is 4.75. The lowest BCUT2D eigenvalue weighted by molar-refractivity contribution is -0.136. The fourth-order valence-corrected chi connectivity index (χ4v) is 4.07. The third-order valence-electron chi connectivity index (χ3n) is 6.24. The number of ether oxygens (including phenoxy) is 1. The maximum Gasteiger partial charge on any atom is 0.331 e. The van der Waals surface area contributed by atoms with Gasteiger partial charge < -0.3 is 13.7 Å². The molecule has 0 N–H and O–H groups in total. The van der Waals surface area contributed by atoms with Crippen LogP contribution < -0.4 is 0 Å². The highest BCUT2D eigenvalue weighted by Crippen LogP contribution is 2.30. The number of para-hydroxylation sites is 2. The average Bonchev–Trinajstić information content (AvgIpc) is 3.59. The summed E-state index contributed by atoms with van der Waals surface area (Å²) in [5.41, 5.74) is 5.25. The molecule has 0 aliphatic rings. The number of aromatic nitrogens is 3. The Morgan fingerprint density at radius 3 is 2.50 bits per heavy atom. The molecule has 0 radical (unpaired) electrons. The Hall–Kier alpha value is -4.65. The highest BCUT2D eigenvalue weighted by molar-refractivity contribution is 6.00. The van der Waals surface area contributed by atoms with E-state index in [1.807, 2.05) is 92.3 Å². The van der Waals surface area contributed by atoms with Crippen LogP contribution in [0.4, 0.5) is 0 Å². The second-order valence-corrected chi connectivity index (χ2v) is 8.57. The molecule has 3 aromatic heterocycles. The Morgan fingerprint density at radius 1 is 1.03 bits per heavy atom. The molecular formula is C29H25N3O4. The Bertz CT molecular complexity index is 1570. The number of hydrogen-bond donors (Lipinski definition) is 0. The molecule has 0 atom stereocenters. The van der Waals surface area contributed by atoms with Crippen LogP contribution in [0, 0.1) is 13.8 Å². The SMILES string of the molecule is Cc1cc(C(=O)COC(=O)C=Cc2cn(-c3ccccc3)nc2-c2cc3ccccc3o2)c(C)n1C. The molecule has 5 rings (SSSR count). The number of nitrogens with zero attached hydrogens (tertiary/aromatic N) is 3. The fraction of sp³-hybridized carbons (Fsp3) is 0.138. The van der Waals surface area contributed by atoms with Gasteiger partial charge in [0.1, 0.15) is 11.3 Å². The van der Waals surface area contributed by atoms with Crippen LogP contribution in [0.1, 0.15) is 27.3 Å². The van der Waals surface area contributed by atoms with Crippen molar-refractivity contribution in [2.24, 2.45) is 7.05 Å². The molecular weight excluding hydrogens is 454 g/mol. The number of esters is 1. The summed E-state index contributed by atoms with van der Waals surface area (Å²) < 4.78 is 14.9. The van der Waals surface area contributed by atoms with E-state index in [2.05, 4.69) is 0 Å². The van der Waals surface area contributed by atoms with E-state index in [1.54, 1.807) is 16.8 Å². The van der Waals surface area contributed by atoms with E-state index in [0.717, 1.165) is 28.0 Å². The summed E-state index contributed by atoms with van der Waals surface area (Å²) >= 11 is 0. The molecule has 0 saturated carbocycles. The lowest BCUT2D eigenvalue weighted by Gasteiger charge is -2.03. The minimum absolute atomic E-state index is 0.238. The zero-order chi connectivity index (χ0) is 25.2. The minimum atomic E-state index is -0.614. The van der Waals surface area contributed by atoms with Gasteiger partial charge in [0.15, 0.2) is 12.4 Å². The lowest BCUT2D eigenvalue weighted by Crippen LogP contribution is -2.13. The van der Waals surface area contributed by atoms with Gasteiger partial charge in [-0.15, -0.1) is 0 Å². The topological polar surface area (TPSA) is 79.3 Å². The van der Waals surface area contributed by atoms with Gasteiger partial charge >= 0.3 is 5.97 Å². The molecule has 7 nitrogen and oxygen atoms in total. The fourth-order valence-electron chi connectivity index (χ4n) is 4.07. The van der Waals surface area contributed by atoms with Gasteiger partial charge in [0.2, 0.25) is 5.78 Å². The van der Waals surface area contributed by atoms with Crippen LogP contribution in [0.25, 0.3) is 34.2 Å². The van der Waals surface area contributed by atoms with Crippen LogP contribution in [0.2, 0.25) is 0 Å². The van der Waals surface area contributed by atoms with Gasteiger partial charge in [0.05, 0.1) is 5.69 Å². The van der Waals surface area contributed by atoms with Crippen molar-refractivity contribution in [1.29, 1.82) is 0 Å². The molecule has 0 bridgehead atoms. The largest absolute Gasteiger partial charge is 0.454 e. The number of carbonyl (C=O) groups excluding carboxylic acids is 2. The van der Waals surface area contributed by atoms with Crippen molar-refractivity contribution in [2.75, 3.05) is 6.61 Å². The molecule has 0 amide bonds. The zero-order valence-corrected chi connectivity index (χ0v) is 20.3. The number of fused-ring (bicyclic) bond motifs is 1. The van der Waals surface area contributed by atoms with E-state index in [9.17, 15) is 9.59 Å². The first-order chi connectivity index (χ1) is 17.4. The highest BCUT2D eigenvalue weighted by Gasteiger charge is 2.17. The third-order valence-corrected chi connectivity index (χ3v) is 6.24. The quantitative estimate of drug-likeness (QED) is 0.170. The smallest absolute Gasteiger partial charge is 0.331 e. The van der Waals surface area contributed by atoms with E-state index in [-0.39, 0.29) is 12.4 Å². The predicted octanol–water partition coefficient (Wildman–Crippen LogP) is 5.68. The number of furan rings is 1. The third kappa shape index (κ3) is 4.51. The molecule has 5 aromatic rings. The van der Waals surface area contributed by atoms with Crippen molar-refractivity contribution >= 4 is 28.8 Å². The Morgan fingerprint density at radius 2 is 1.78 bits per heavy atom. The number of aryl methyl sites for hydroxylation is 1. The normalized spacial score (nSPS) is 11.4. The van der Waals surface area contributed by atoms with Crippen molar-refractivity contribution < 1.29 is 18.7 Å². The second kappa shape index (κ2) is 9.54. The van der Waals surface area contributed by atoms with Crippen LogP contribution in [0.15, 0.2) is 83.4 Å². The molecule has 0 saturated heterocycles. The molecule has 0 fully saturated rings. The summed E-state index contributed by atoms with van der Waals surface area (Å²) in [4.78, 5) is 25.0. The number of benzene rings is 2. The standard InChI is InChI=1S/C29H25N3O4/c1-19-15-24(20(2)31(19)3)25(33)18-35-28(34)14-13-22-17-32(23-10-5-4-6-11-23)30-29(22)27-16-21-9-7-8-12-26(21)36-27/h4-17H,18H2,1-3H3. The molecule has 0 aliphatic carbocycles. The van der Waals surface area contributed by atoms with E-state index in [0.29, 0.717) is 22.6 Å². The number of ketones is 1. The lowest BCUT2D eigenvalue weighted by atomic mass is 10.1. The van der Waals surface area contributed by atoms with Crippen molar-refractivity contribution in [3.63, 3.8) is 0 Å². The van der Waals surface area contributed by atoms with Crippen LogP contribution in [-0.2, 0) is 16.6 Å². The van der Waals surface area contributed by atoms with Crippen molar-refractivity contribution in [1.82, 2.24) is 14.3 Å². The van der Waals surface area contributed by atoms with Gasteiger partial charge in [-0.05, 0) is 50.3 Å². The average molecular weight is 480 g/mol. The van der Waals surface area contributed by atoms with Gasteiger partial charge in [-0.1, -0.05) is 36.4 Å². The first-order valence-electron chi connectivity index (χ1n) is 11.6. The Kier molecular flexibility index (Phi) is 6.12. The summed E-state index contributed by atoms with van der Waals surface area (Å²) in [7, 11) is 1.89. The molecule has 7 heteroatoms. The van der Waals surface area contributed by atoms with Gasteiger partial charge in [-0.3, -0.25) is 4.79 Å². The summed E-state index contributed by atoms with van der Waals surface area (Å²) in [6.45, 7) is 3.47. The highest BCUT2D eigenvalue weighted by atomic mass is 16.5. The van der Waals surface area contributed by atoms with Gasteiger partial charge in [-0.25, -0.2) is 9.48 Å². The maximum absolute atomic E-state index is 12.6. The molecule has 3 heterocycles. The van der Waals surface area contributed by atoms with Crippen molar-refractivity contribution in [2.45, 2.75) is 13.8 Å². The predicted molar refractivity (Wildman–Crippen MR) is 138 cm³/mol. The van der Waals surface area contributed by atoms with E-state index < -0.39 is 5.97 Å². The van der Waals surface area contributed by atoms with E-state index in [1.165, 1.54) is 6.08 Å². The number of rotatable bonds is 7. The Balaban J connectivity index is 1.39. The molecule has 2 aromatic carbocycles. The Labute approximate surface area is 208 Å². The summed E-state index contributed by atoms with van der Waals surface area (Å²) in [5, 5.41) is 5.68. The molecule has 0 unspecified atom stereocenters. The summed E-state index contributed by atoms with van der Waals surface area (Å²) in [5.74, 6) is -0.265. The van der Waals surface area contributed by atoms with E-state index >= 15 is 0 Å². The van der Waals surface area contributed by atoms with Crippen LogP contribution >= 0.6 is 0 Å². The van der Waals surface area contributed by atoms with Gasteiger partial charge in [-0.2, -0.15) is 5.10 Å². The first-order valence-corrected chi connectivity index (χ1v) is 11.6. The zero-order valence-electron chi connectivity index (χ0n) is 20.3. The maximum atomic E-state index is 12.6. The molecule has 36 heavy (non-hydrogen) atoms. The number of Topliss-reactive ketones (excluding diaryl/α,β-unsaturated/α-hetero) is 1.